The summed E-state index contributed by atoms with van der Waals surface area (Å²) in [6.45, 7) is 1.84. The van der Waals surface area contributed by atoms with E-state index in [1.54, 1.807) is 54.4 Å². The fourth-order valence-electron chi connectivity index (χ4n) is 3.28. The molecule has 11 nitrogen and oxygen atoms in total. The predicted octanol–water partition coefficient (Wildman–Crippen LogP) is 1.35. The first-order valence-corrected chi connectivity index (χ1v) is 10.8. The number of aromatic nitrogens is 4. The summed E-state index contributed by atoms with van der Waals surface area (Å²) in [5, 5.41) is 12.3. The molecular weight excluding hydrogens is 436 g/mol. The minimum absolute atomic E-state index is 0.0436. The number of furan rings is 1. The zero-order chi connectivity index (χ0) is 22.5. The smallest absolute Gasteiger partial charge is 0.289 e. The standard InChI is InChI=1S/C20H22N6O5S/c1-29-15-10-14(11-16(12-15)30-2)26-20(21-22-23-26)32-13-18(27)24-5-7-25(8-6-24)19(28)17-4-3-9-31-17/h3-4,9-12H,5-8,13H2,1-2H3. The lowest BCUT2D eigenvalue weighted by Gasteiger charge is -2.34. The third-order valence-corrected chi connectivity index (χ3v) is 5.90. The summed E-state index contributed by atoms with van der Waals surface area (Å²) in [5.41, 5.74) is 0.659. The Labute approximate surface area is 188 Å². The van der Waals surface area contributed by atoms with E-state index in [2.05, 4.69) is 15.5 Å². The molecule has 0 unspecified atom stereocenters. The van der Waals surface area contributed by atoms with Gasteiger partial charge in [-0.1, -0.05) is 11.8 Å². The summed E-state index contributed by atoms with van der Waals surface area (Å²) in [6, 6.07) is 8.62. The summed E-state index contributed by atoms with van der Waals surface area (Å²) >= 11 is 1.24. The van der Waals surface area contributed by atoms with E-state index in [0.717, 1.165) is 0 Å². The molecule has 2 aromatic heterocycles. The summed E-state index contributed by atoms with van der Waals surface area (Å²) < 4.78 is 17.3. The van der Waals surface area contributed by atoms with Gasteiger partial charge in [0.2, 0.25) is 11.1 Å². The third kappa shape index (κ3) is 4.69. The van der Waals surface area contributed by atoms with E-state index in [4.69, 9.17) is 13.9 Å². The molecule has 1 aliphatic heterocycles. The average Bonchev–Trinajstić information content (AvgIpc) is 3.54. The van der Waals surface area contributed by atoms with Crippen LogP contribution in [0.4, 0.5) is 0 Å². The lowest BCUT2D eigenvalue weighted by atomic mass is 10.3. The first-order valence-electron chi connectivity index (χ1n) is 9.84. The van der Waals surface area contributed by atoms with Gasteiger partial charge in [-0.15, -0.1) is 5.10 Å². The quantitative estimate of drug-likeness (QED) is 0.484. The van der Waals surface area contributed by atoms with E-state index in [9.17, 15) is 9.59 Å². The maximum atomic E-state index is 12.7. The molecule has 1 fully saturated rings. The molecule has 0 radical (unpaired) electrons. The molecule has 0 N–H and O–H groups in total. The lowest BCUT2D eigenvalue weighted by molar-refractivity contribution is -0.129. The Balaban J connectivity index is 1.35. The van der Waals surface area contributed by atoms with Crippen molar-refractivity contribution < 1.29 is 23.5 Å². The van der Waals surface area contributed by atoms with Crippen molar-refractivity contribution in [2.75, 3.05) is 46.2 Å². The number of carbonyl (C=O) groups excluding carboxylic acids is 2. The van der Waals surface area contributed by atoms with Crippen molar-refractivity contribution in [1.29, 1.82) is 0 Å². The van der Waals surface area contributed by atoms with Crippen molar-refractivity contribution in [2.24, 2.45) is 0 Å². The third-order valence-electron chi connectivity index (χ3n) is 5.00. The molecule has 3 aromatic rings. The number of piperazine rings is 1. The number of methoxy groups -OCH3 is 2. The van der Waals surface area contributed by atoms with Gasteiger partial charge in [0.05, 0.1) is 31.9 Å². The van der Waals surface area contributed by atoms with Crippen LogP contribution in [0.3, 0.4) is 0 Å². The van der Waals surface area contributed by atoms with Crippen LogP contribution in [0.1, 0.15) is 10.6 Å². The number of hydrogen-bond acceptors (Lipinski definition) is 9. The van der Waals surface area contributed by atoms with Gasteiger partial charge in [-0.25, -0.2) is 0 Å². The number of tetrazole rings is 1. The van der Waals surface area contributed by atoms with Gasteiger partial charge in [-0.05, 0) is 22.6 Å². The fraction of sp³-hybridized carbons (Fsp3) is 0.350. The highest BCUT2D eigenvalue weighted by Crippen LogP contribution is 2.27. The van der Waals surface area contributed by atoms with Gasteiger partial charge >= 0.3 is 0 Å². The van der Waals surface area contributed by atoms with Crippen LogP contribution in [0.5, 0.6) is 11.5 Å². The second-order valence-corrected chi connectivity index (χ2v) is 7.83. The molecule has 0 atom stereocenters. The minimum atomic E-state index is -0.163. The zero-order valence-corrected chi connectivity index (χ0v) is 18.4. The van der Waals surface area contributed by atoms with Crippen molar-refractivity contribution in [3.63, 3.8) is 0 Å². The van der Waals surface area contributed by atoms with Crippen molar-refractivity contribution >= 4 is 23.6 Å². The molecule has 0 saturated carbocycles. The highest BCUT2D eigenvalue weighted by Gasteiger charge is 2.26. The summed E-state index contributed by atoms with van der Waals surface area (Å²) in [6.07, 6.45) is 1.47. The van der Waals surface area contributed by atoms with E-state index in [-0.39, 0.29) is 17.6 Å². The maximum absolute atomic E-state index is 12.7. The van der Waals surface area contributed by atoms with Crippen LogP contribution in [0.15, 0.2) is 46.2 Å². The molecule has 168 valence electrons. The molecule has 1 aliphatic rings. The highest BCUT2D eigenvalue weighted by atomic mass is 32.2. The summed E-state index contributed by atoms with van der Waals surface area (Å²) in [5.74, 6) is 1.48. The van der Waals surface area contributed by atoms with Crippen LogP contribution in [0.25, 0.3) is 5.69 Å². The van der Waals surface area contributed by atoms with Gasteiger partial charge < -0.3 is 23.7 Å². The Hall–Kier alpha value is -3.54. The van der Waals surface area contributed by atoms with Crippen LogP contribution in [-0.2, 0) is 4.79 Å². The van der Waals surface area contributed by atoms with Crippen molar-refractivity contribution in [1.82, 2.24) is 30.0 Å². The van der Waals surface area contributed by atoms with Gasteiger partial charge in [-0.3, -0.25) is 9.59 Å². The van der Waals surface area contributed by atoms with Gasteiger partial charge in [0, 0.05) is 44.4 Å². The molecule has 0 spiro atoms. The number of hydrogen-bond donors (Lipinski definition) is 0. The Morgan fingerprint density at radius 2 is 1.75 bits per heavy atom. The predicted molar refractivity (Wildman–Crippen MR) is 114 cm³/mol. The van der Waals surface area contributed by atoms with Crippen LogP contribution in [0, 0.1) is 0 Å². The fourth-order valence-corrected chi connectivity index (χ4v) is 4.07. The number of nitrogens with zero attached hydrogens (tertiary/aromatic N) is 6. The summed E-state index contributed by atoms with van der Waals surface area (Å²) in [4.78, 5) is 28.5. The van der Waals surface area contributed by atoms with Gasteiger partial charge in [-0.2, -0.15) is 4.68 Å². The zero-order valence-electron chi connectivity index (χ0n) is 17.6. The van der Waals surface area contributed by atoms with Crippen LogP contribution in [0.2, 0.25) is 0 Å². The second kappa shape index (κ2) is 9.73. The Bertz CT molecular complexity index is 1060. The van der Waals surface area contributed by atoms with Gasteiger partial charge in [0.25, 0.3) is 5.91 Å². The Kier molecular flexibility index (Phi) is 6.59. The SMILES string of the molecule is COc1cc(OC)cc(-n2nnnc2SCC(=O)N2CCN(C(=O)c3ccco3)CC2)c1. The van der Waals surface area contributed by atoms with E-state index in [1.807, 2.05) is 0 Å². The van der Waals surface area contributed by atoms with Crippen LogP contribution < -0.4 is 9.47 Å². The highest BCUT2D eigenvalue weighted by molar-refractivity contribution is 7.99. The van der Waals surface area contributed by atoms with Crippen molar-refractivity contribution in [3.8, 4) is 17.2 Å². The molecule has 12 heteroatoms. The minimum Gasteiger partial charge on any atom is -0.497 e. The lowest BCUT2D eigenvalue weighted by Crippen LogP contribution is -2.51. The number of carbonyl (C=O) groups is 2. The monoisotopic (exact) mass is 458 g/mol. The molecule has 0 aliphatic carbocycles. The number of amides is 2. The first-order chi connectivity index (χ1) is 15.6. The van der Waals surface area contributed by atoms with Crippen molar-refractivity contribution in [2.45, 2.75) is 5.16 Å². The van der Waals surface area contributed by atoms with E-state index in [0.29, 0.717) is 54.3 Å². The van der Waals surface area contributed by atoms with Crippen molar-refractivity contribution in [3.05, 3.63) is 42.4 Å². The van der Waals surface area contributed by atoms with E-state index in [1.165, 1.54) is 22.7 Å². The molecule has 3 heterocycles. The average molecular weight is 459 g/mol. The van der Waals surface area contributed by atoms with Gasteiger partial charge in [0.1, 0.15) is 11.5 Å². The Morgan fingerprint density at radius 3 is 2.38 bits per heavy atom. The van der Waals surface area contributed by atoms with Gasteiger partial charge in [0.15, 0.2) is 5.76 Å². The molecule has 1 saturated heterocycles. The normalized spacial score (nSPS) is 13.8. The molecule has 1 aromatic carbocycles. The maximum Gasteiger partial charge on any atom is 0.289 e. The number of benzene rings is 1. The molecule has 2 amide bonds. The molecule has 4 rings (SSSR count). The second-order valence-electron chi connectivity index (χ2n) is 6.88. The van der Waals surface area contributed by atoms with E-state index >= 15 is 0 Å². The molecule has 0 bridgehead atoms. The Morgan fingerprint density at radius 1 is 1.06 bits per heavy atom. The first kappa shape index (κ1) is 21.7. The van der Waals surface area contributed by atoms with Crippen LogP contribution >= 0.6 is 11.8 Å². The summed E-state index contributed by atoms with van der Waals surface area (Å²) in [7, 11) is 3.13. The molecular formula is C20H22N6O5S. The number of rotatable bonds is 7. The number of ether oxygens (including phenoxy) is 2. The largest absolute Gasteiger partial charge is 0.497 e. The number of thioether (sulfide) groups is 1. The topological polar surface area (TPSA) is 116 Å². The van der Waals surface area contributed by atoms with E-state index < -0.39 is 0 Å². The molecule has 32 heavy (non-hydrogen) atoms. The van der Waals surface area contributed by atoms with Crippen LogP contribution in [-0.4, -0.2) is 88.0 Å².